The molecule has 3 nitrogen and oxygen atoms in total. The summed E-state index contributed by atoms with van der Waals surface area (Å²) in [6.07, 6.45) is 2.24. The summed E-state index contributed by atoms with van der Waals surface area (Å²) in [4.78, 5) is 11.7. The number of benzene rings is 1. The van der Waals surface area contributed by atoms with Crippen LogP contribution in [0.25, 0.3) is 0 Å². The van der Waals surface area contributed by atoms with Crippen molar-refractivity contribution in [3.63, 3.8) is 0 Å². The van der Waals surface area contributed by atoms with E-state index >= 15 is 0 Å². The third-order valence-corrected chi connectivity index (χ3v) is 2.87. The van der Waals surface area contributed by atoms with Crippen molar-refractivity contribution in [2.24, 2.45) is 0 Å². The maximum absolute atomic E-state index is 11.7. The van der Waals surface area contributed by atoms with Crippen molar-refractivity contribution >= 4 is 5.78 Å². The standard InChI is InChI=1S/C15H22O3/c1-15(2,17)11-10-13(16)7-4-12-5-8-14(18-3)9-6-12/h5-6,8-9,17H,4,7,10-11H2,1-3H3. The lowest BCUT2D eigenvalue weighted by atomic mass is 9.98. The molecule has 100 valence electrons. The van der Waals surface area contributed by atoms with Crippen molar-refractivity contribution < 1.29 is 14.6 Å². The van der Waals surface area contributed by atoms with E-state index in [-0.39, 0.29) is 5.78 Å². The Morgan fingerprint density at radius 1 is 1.22 bits per heavy atom. The quantitative estimate of drug-likeness (QED) is 0.809. The molecular formula is C15H22O3. The number of aliphatic hydroxyl groups is 1. The van der Waals surface area contributed by atoms with E-state index in [1.54, 1.807) is 21.0 Å². The molecule has 0 unspecified atom stereocenters. The van der Waals surface area contributed by atoms with Crippen LogP contribution in [0.2, 0.25) is 0 Å². The van der Waals surface area contributed by atoms with Crippen LogP contribution in [-0.4, -0.2) is 23.6 Å². The van der Waals surface area contributed by atoms with Gasteiger partial charge < -0.3 is 9.84 Å². The molecule has 0 atom stereocenters. The van der Waals surface area contributed by atoms with Gasteiger partial charge in [-0.15, -0.1) is 0 Å². The molecule has 0 aliphatic rings. The Kier molecular flexibility index (Phi) is 5.35. The number of aryl methyl sites for hydroxylation is 1. The molecule has 0 heterocycles. The summed E-state index contributed by atoms with van der Waals surface area (Å²) in [5.74, 6) is 1.03. The second-order valence-corrected chi connectivity index (χ2v) is 5.20. The van der Waals surface area contributed by atoms with Gasteiger partial charge in [-0.2, -0.15) is 0 Å². The van der Waals surface area contributed by atoms with Crippen LogP contribution in [-0.2, 0) is 11.2 Å². The number of hydrogen-bond acceptors (Lipinski definition) is 3. The van der Waals surface area contributed by atoms with E-state index in [9.17, 15) is 9.90 Å². The molecule has 0 radical (unpaired) electrons. The maximum atomic E-state index is 11.7. The van der Waals surface area contributed by atoms with Crippen LogP contribution < -0.4 is 4.74 Å². The van der Waals surface area contributed by atoms with E-state index < -0.39 is 5.60 Å². The Morgan fingerprint density at radius 3 is 2.33 bits per heavy atom. The topological polar surface area (TPSA) is 46.5 Å². The molecule has 0 amide bonds. The van der Waals surface area contributed by atoms with Crippen LogP contribution in [0.3, 0.4) is 0 Å². The number of Topliss-reactive ketones (excluding diaryl/α,β-unsaturated/α-hetero) is 1. The van der Waals surface area contributed by atoms with Gasteiger partial charge in [0.25, 0.3) is 0 Å². The van der Waals surface area contributed by atoms with Crippen LogP contribution in [0.1, 0.15) is 38.7 Å². The first-order chi connectivity index (χ1) is 8.40. The summed E-state index contributed by atoms with van der Waals surface area (Å²) in [6.45, 7) is 3.45. The van der Waals surface area contributed by atoms with E-state index in [1.165, 1.54) is 0 Å². The van der Waals surface area contributed by atoms with E-state index in [1.807, 2.05) is 24.3 Å². The third-order valence-electron chi connectivity index (χ3n) is 2.87. The van der Waals surface area contributed by atoms with E-state index in [0.29, 0.717) is 19.3 Å². The summed E-state index contributed by atoms with van der Waals surface area (Å²) in [7, 11) is 1.63. The van der Waals surface area contributed by atoms with E-state index in [2.05, 4.69) is 0 Å². The highest BCUT2D eigenvalue weighted by Crippen LogP contribution is 2.15. The van der Waals surface area contributed by atoms with Gasteiger partial charge >= 0.3 is 0 Å². The van der Waals surface area contributed by atoms with Crippen LogP contribution in [0, 0.1) is 0 Å². The van der Waals surface area contributed by atoms with Gasteiger partial charge in [-0.3, -0.25) is 4.79 Å². The van der Waals surface area contributed by atoms with E-state index in [4.69, 9.17) is 4.74 Å². The highest BCUT2D eigenvalue weighted by atomic mass is 16.5. The van der Waals surface area contributed by atoms with Gasteiger partial charge in [0.1, 0.15) is 11.5 Å². The van der Waals surface area contributed by atoms with Crippen molar-refractivity contribution in [3.8, 4) is 5.75 Å². The van der Waals surface area contributed by atoms with Gasteiger partial charge in [-0.1, -0.05) is 12.1 Å². The number of rotatable bonds is 7. The summed E-state index contributed by atoms with van der Waals surface area (Å²) >= 11 is 0. The van der Waals surface area contributed by atoms with Crippen molar-refractivity contribution in [1.29, 1.82) is 0 Å². The van der Waals surface area contributed by atoms with Crippen LogP contribution in [0.5, 0.6) is 5.75 Å². The fourth-order valence-electron chi connectivity index (χ4n) is 1.65. The smallest absolute Gasteiger partial charge is 0.133 e. The molecule has 18 heavy (non-hydrogen) atoms. The Bertz CT molecular complexity index is 374. The van der Waals surface area contributed by atoms with Crippen LogP contribution in [0.4, 0.5) is 0 Å². The number of carbonyl (C=O) groups excluding carboxylic acids is 1. The molecule has 1 aromatic rings. The minimum Gasteiger partial charge on any atom is -0.497 e. The molecule has 1 N–H and O–H groups in total. The average molecular weight is 250 g/mol. The molecule has 1 aromatic carbocycles. The number of carbonyl (C=O) groups is 1. The first kappa shape index (κ1) is 14.7. The SMILES string of the molecule is COc1ccc(CCC(=O)CCC(C)(C)O)cc1. The molecule has 0 aromatic heterocycles. The molecule has 0 bridgehead atoms. The number of ketones is 1. The molecule has 0 saturated heterocycles. The van der Waals surface area contributed by atoms with Crippen LogP contribution >= 0.6 is 0 Å². The molecule has 1 rings (SSSR count). The molecule has 0 aliphatic carbocycles. The molecule has 0 fully saturated rings. The Labute approximate surface area is 109 Å². The van der Waals surface area contributed by atoms with Gasteiger partial charge in [0.05, 0.1) is 12.7 Å². The number of ether oxygens (including phenoxy) is 1. The molecule has 0 aliphatic heterocycles. The zero-order chi connectivity index (χ0) is 13.6. The zero-order valence-electron chi connectivity index (χ0n) is 11.4. The van der Waals surface area contributed by atoms with Crippen molar-refractivity contribution in [2.75, 3.05) is 7.11 Å². The van der Waals surface area contributed by atoms with Crippen molar-refractivity contribution in [2.45, 2.75) is 45.1 Å². The Morgan fingerprint density at radius 2 is 1.83 bits per heavy atom. The lowest BCUT2D eigenvalue weighted by molar-refractivity contribution is -0.120. The number of methoxy groups -OCH3 is 1. The lowest BCUT2D eigenvalue weighted by Gasteiger charge is -2.15. The minimum absolute atomic E-state index is 0.202. The van der Waals surface area contributed by atoms with Crippen molar-refractivity contribution in [1.82, 2.24) is 0 Å². The summed E-state index contributed by atoms with van der Waals surface area (Å²) in [6, 6.07) is 7.75. The fraction of sp³-hybridized carbons (Fsp3) is 0.533. The molecule has 0 saturated carbocycles. The number of hydrogen-bond donors (Lipinski definition) is 1. The molecule has 0 spiro atoms. The second-order valence-electron chi connectivity index (χ2n) is 5.20. The first-order valence-electron chi connectivity index (χ1n) is 6.28. The van der Waals surface area contributed by atoms with Gasteiger partial charge in [0.15, 0.2) is 0 Å². The predicted octanol–water partition coefficient (Wildman–Crippen LogP) is 2.75. The highest BCUT2D eigenvalue weighted by Gasteiger charge is 2.14. The Hall–Kier alpha value is -1.35. The average Bonchev–Trinajstić information content (AvgIpc) is 2.33. The van der Waals surface area contributed by atoms with Gasteiger partial charge in [0.2, 0.25) is 0 Å². The zero-order valence-corrected chi connectivity index (χ0v) is 11.4. The van der Waals surface area contributed by atoms with E-state index in [0.717, 1.165) is 17.7 Å². The summed E-state index contributed by atoms with van der Waals surface area (Å²) in [5.41, 5.74) is 0.378. The van der Waals surface area contributed by atoms with Gasteiger partial charge in [-0.25, -0.2) is 0 Å². The van der Waals surface area contributed by atoms with Gasteiger partial charge in [-0.05, 0) is 44.4 Å². The predicted molar refractivity (Wildman–Crippen MR) is 71.9 cm³/mol. The second kappa shape index (κ2) is 6.55. The van der Waals surface area contributed by atoms with Crippen molar-refractivity contribution in [3.05, 3.63) is 29.8 Å². The summed E-state index contributed by atoms with van der Waals surface area (Å²) in [5, 5.41) is 9.54. The molecule has 3 heteroatoms. The van der Waals surface area contributed by atoms with Crippen LogP contribution in [0.15, 0.2) is 24.3 Å². The highest BCUT2D eigenvalue weighted by molar-refractivity contribution is 5.78. The minimum atomic E-state index is -0.754. The van der Waals surface area contributed by atoms with Gasteiger partial charge in [0, 0.05) is 12.8 Å². The fourth-order valence-corrected chi connectivity index (χ4v) is 1.65. The summed E-state index contributed by atoms with van der Waals surface area (Å²) < 4.78 is 5.08. The Balaban J connectivity index is 2.33. The monoisotopic (exact) mass is 250 g/mol. The normalized spacial score (nSPS) is 11.3. The lowest BCUT2D eigenvalue weighted by Crippen LogP contribution is -2.19. The first-order valence-corrected chi connectivity index (χ1v) is 6.28. The molecular weight excluding hydrogens is 228 g/mol. The third kappa shape index (κ3) is 5.82. The maximum Gasteiger partial charge on any atom is 0.133 e. The largest absolute Gasteiger partial charge is 0.497 e.